The summed E-state index contributed by atoms with van der Waals surface area (Å²) in [6.07, 6.45) is 0. The molecule has 0 N–H and O–H groups in total. The molecule has 0 spiro atoms. The fourth-order valence-corrected chi connectivity index (χ4v) is 6.74. The van der Waals surface area contributed by atoms with Gasteiger partial charge in [0.1, 0.15) is 0 Å². The molecule has 4 aromatic rings. The fourth-order valence-electron chi connectivity index (χ4n) is 4.48. The Bertz CT molecular complexity index is 1080. The Kier molecular flexibility index (Phi) is 3.72. The van der Waals surface area contributed by atoms with Crippen LogP contribution in [0, 0.1) is 27.7 Å². The molecule has 2 aromatic carbocycles. The van der Waals surface area contributed by atoms with Crippen molar-refractivity contribution in [1.82, 2.24) is 0 Å². The van der Waals surface area contributed by atoms with Crippen molar-refractivity contribution in [2.75, 3.05) is 0 Å². The predicted octanol–water partition coefficient (Wildman–Crippen LogP) is 7.41. The number of fused-ring (bicyclic) bond motifs is 3. The van der Waals surface area contributed by atoms with Crippen LogP contribution in [-0.2, 0) is 5.41 Å². The van der Waals surface area contributed by atoms with Gasteiger partial charge in [-0.15, -0.1) is 22.7 Å². The van der Waals surface area contributed by atoms with Gasteiger partial charge in [-0.05, 0) is 74.2 Å². The summed E-state index contributed by atoms with van der Waals surface area (Å²) in [5.74, 6) is 0. The van der Waals surface area contributed by atoms with Crippen molar-refractivity contribution in [3.8, 4) is 11.1 Å². The Morgan fingerprint density at radius 1 is 0.556 bits per heavy atom. The average Bonchev–Trinajstić information content (AvgIpc) is 3.31. The molecule has 1 aliphatic rings. The van der Waals surface area contributed by atoms with E-state index in [4.69, 9.17) is 0 Å². The minimum absolute atomic E-state index is 0.194. The van der Waals surface area contributed by atoms with Crippen LogP contribution in [-0.4, -0.2) is 0 Å². The number of benzene rings is 2. The minimum Gasteiger partial charge on any atom is -0.144 e. The Morgan fingerprint density at radius 3 is 1.37 bits per heavy atom. The zero-order chi connectivity index (χ0) is 18.8. The number of hydrogen-bond donors (Lipinski definition) is 0. The first-order chi connectivity index (χ1) is 13.0. The molecule has 1 aliphatic carbocycles. The van der Waals surface area contributed by atoms with Gasteiger partial charge < -0.3 is 0 Å². The van der Waals surface area contributed by atoms with E-state index in [0.29, 0.717) is 0 Å². The maximum atomic E-state index is 2.41. The summed E-state index contributed by atoms with van der Waals surface area (Å²) < 4.78 is 0. The van der Waals surface area contributed by atoms with Crippen LogP contribution in [0.3, 0.4) is 0 Å². The summed E-state index contributed by atoms with van der Waals surface area (Å²) >= 11 is 3.87. The van der Waals surface area contributed by atoms with Crippen molar-refractivity contribution in [2.24, 2.45) is 0 Å². The van der Waals surface area contributed by atoms with Crippen molar-refractivity contribution in [2.45, 2.75) is 33.1 Å². The molecule has 0 unspecified atom stereocenters. The Morgan fingerprint density at radius 2 is 1.00 bits per heavy atom. The summed E-state index contributed by atoms with van der Waals surface area (Å²) in [5.41, 5.74) is 8.09. The molecule has 2 aromatic heterocycles. The molecule has 0 radical (unpaired) electrons. The second-order valence-electron chi connectivity index (χ2n) is 7.67. The zero-order valence-corrected chi connectivity index (χ0v) is 17.7. The highest BCUT2D eigenvalue weighted by Crippen LogP contribution is 2.58. The smallest absolute Gasteiger partial charge is 0.0899 e. The van der Waals surface area contributed by atoms with Crippen molar-refractivity contribution in [3.05, 3.63) is 102 Å². The summed E-state index contributed by atoms with van der Waals surface area (Å²) in [6.45, 7) is 8.84. The van der Waals surface area contributed by atoms with Crippen molar-refractivity contribution in [1.29, 1.82) is 0 Å². The normalized spacial score (nSPS) is 14.2. The lowest BCUT2D eigenvalue weighted by Gasteiger charge is -2.31. The molecule has 2 heterocycles. The first-order valence-corrected chi connectivity index (χ1v) is 11.0. The zero-order valence-electron chi connectivity index (χ0n) is 16.1. The lowest BCUT2D eigenvalue weighted by Crippen LogP contribution is -2.26. The van der Waals surface area contributed by atoms with Crippen LogP contribution in [0.5, 0.6) is 0 Å². The lowest BCUT2D eigenvalue weighted by atomic mass is 9.75. The van der Waals surface area contributed by atoms with E-state index in [9.17, 15) is 0 Å². The van der Waals surface area contributed by atoms with E-state index in [1.807, 2.05) is 22.7 Å². The SMILES string of the molecule is Cc1ccc2c(c1)C(c1ccc(C)s1)(c1ccc(C)s1)c1cc(C)ccc1-2. The Labute approximate surface area is 169 Å². The molecule has 0 nitrogen and oxygen atoms in total. The highest BCUT2D eigenvalue weighted by atomic mass is 32.1. The summed E-state index contributed by atoms with van der Waals surface area (Å²) in [7, 11) is 0. The van der Waals surface area contributed by atoms with E-state index < -0.39 is 0 Å². The van der Waals surface area contributed by atoms with Crippen molar-refractivity contribution < 1.29 is 0 Å². The van der Waals surface area contributed by atoms with Gasteiger partial charge in [0.05, 0.1) is 5.41 Å². The molecule has 0 atom stereocenters. The standard InChI is InChI=1S/C25H22S2/c1-15-5-9-19-20-10-6-16(2)14-22(20)25(21(19)13-15,23-11-7-17(3)26-23)24-12-8-18(4)27-24/h5-14H,1-4H3. The molecular weight excluding hydrogens is 364 g/mol. The first-order valence-electron chi connectivity index (χ1n) is 9.36. The van der Waals surface area contributed by atoms with E-state index in [2.05, 4.69) is 88.4 Å². The molecule has 134 valence electrons. The van der Waals surface area contributed by atoms with E-state index in [0.717, 1.165) is 0 Å². The van der Waals surface area contributed by atoms with Crippen LogP contribution in [0.25, 0.3) is 11.1 Å². The Hall–Kier alpha value is -2.16. The summed E-state index contributed by atoms with van der Waals surface area (Å²) in [5, 5.41) is 0. The highest BCUT2D eigenvalue weighted by Gasteiger charge is 2.48. The highest BCUT2D eigenvalue weighted by molar-refractivity contribution is 7.14. The molecule has 0 aliphatic heterocycles. The molecule has 0 saturated heterocycles. The third-order valence-corrected chi connectivity index (χ3v) is 7.91. The largest absolute Gasteiger partial charge is 0.144 e. The van der Waals surface area contributed by atoms with E-state index in [-0.39, 0.29) is 5.41 Å². The van der Waals surface area contributed by atoms with Crippen LogP contribution in [0.4, 0.5) is 0 Å². The van der Waals surface area contributed by atoms with Gasteiger partial charge in [0.2, 0.25) is 0 Å². The van der Waals surface area contributed by atoms with E-state index in [1.54, 1.807) is 0 Å². The van der Waals surface area contributed by atoms with Crippen LogP contribution in [0.1, 0.15) is 41.8 Å². The van der Waals surface area contributed by atoms with Gasteiger partial charge in [0.15, 0.2) is 0 Å². The van der Waals surface area contributed by atoms with Crippen LogP contribution < -0.4 is 0 Å². The van der Waals surface area contributed by atoms with Crippen LogP contribution in [0.2, 0.25) is 0 Å². The minimum atomic E-state index is -0.194. The third-order valence-electron chi connectivity index (χ3n) is 5.67. The van der Waals surface area contributed by atoms with Gasteiger partial charge >= 0.3 is 0 Å². The topological polar surface area (TPSA) is 0 Å². The monoisotopic (exact) mass is 386 g/mol. The Balaban J connectivity index is 1.99. The lowest BCUT2D eigenvalue weighted by molar-refractivity contribution is 0.805. The molecule has 0 fully saturated rings. The van der Waals surface area contributed by atoms with Crippen LogP contribution >= 0.6 is 22.7 Å². The van der Waals surface area contributed by atoms with Crippen molar-refractivity contribution >= 4 is 22.7 Å². The molecule has 27 heavy (non-hydrogen) atoms. The second kappa shape index (κ2) is 5.92. The average molecular weight is 387 g/mol. The molecule has 0 bridgehead atoms. The number of thiophene rings is 2. The molecule has 0 saturated carbocycles. The van der Waals surface area contributed by atoms with E-state index in [1.165, 1.54) is 52.9 Å². The van der Waals surface area contributed by atoms with Gasteiger partial charge in [-0.3, -0.25) is 0 Å². The number of rotatable bonds is 2. The summed E-state index contributed by atoms with van der Waals surface area (Å²) in [4.78, 5) is 5.59. The molecular formula is C25H22S2. The van der Waals surface area contributed by atoms with E-state index >= 15 is 0 Å². The molecule has 2 heteroatoms. The van der Waals surface area contributed by atoms with Crippen LogP contribution in [0.15, 0.2) is 60.7 Å². The predicted molar refractivity (Wildman–Crippen MR) is 118 cm³/mol. The molecule has 5 rings (SSSR count). The fraction of sp³-hybridized carbons (Fsp3) is 0.200. The summed E-state index contributed by atoms with van der Waals surface area (Å²) in [6, 6.07) is 23.2. The van der Waals surface area contributed by atoms with Gasteiger partial charge in [-0.25, -0.2) is 0 Å². The maximum Gasteiger partial charge on any atom is 0.0899 e. The third kappa shape index (κ3) is 2.33. The van der Waals surface area contributed by atoms with Gasteiger partial charge in [0, 0.05) is 19.5 Å². The van der Waals surface area contributed by atoms with Gasteiger partial charge in [-0.1, -0.05) is 47.5 Å². The van der Waals surface area contributed by atoms with Crippen molar-refractivity contribution in [3.63, 3.8) is 0 Å². The van der Waals surface area contributed by atoms with Gasteiger partial charge in [0.25, 0.3) is 0 Å². The first kappa shape index (κ1) is 17.0. The second-order valence-corrected chi connectivity index (χ2v) is 10.2. The number of hydrogen-bond acceptors (Lipinski definition) is 2. The quantitative estimate of drug-likeness (QED) is 0.296. The van der Waals surface area contributed by atoms with Gasteiger partial charge in [-0.2, -0.15) is 0 Å². The molecule has 0 amide bonds. The maximum absolute atomic E-state index is 2.41. The number of aryl methyl sites for hydroxylation is 4.